The van der Waals surface area contributed by atoms with Gasteiger partial charge in [-0.05, 0) is 46.9 Å². The molecule has 1 rings (SSSR count). The summed E-state index contributed by atoms with van der Waals surface area (Å²) in [6, 6.07) is 4.26. The zero-order valence-corrected chi connectivity index (χ0v) is 11.6. The molecule has 5 N–H and O–H groups in total. The lowest BCUT2D eigenvalue weighted by Gasteiger charge is -2.16. The molecule has 0 aliphatic heterocycles. The Kier molecular flexibility index (Phi) is 4.47. The van der Waals surface area contributed by atoms with Crippen molar-refractivity contribution < 1.29 is 18.3 Å². The van der Waals surface area contributed by atoms with E-state index in [1.807, 2.05) is 22.6 Å². The van der Waals surface area contributed by atoms with Crippen molar-refractivity contribution in [2.24, 2.45) is 11.5 Å². The first-order valence-electron chi connectivity index (χ1n) is 4.50. The molecule has 2 unspecified atom stereocenters. The average Bonchev–Trinajstić information content (AvgIpc) is 2.27. The van der Waals surface area contributed by atoms with E-state index in [0.29, 0.717) is 0 Å². The fourth-order valence-corrected chi connectivity index (χ4v) is 2.81. The molecule has 17 heavy (non-hydrogen) atoms. The maximum Gasteiger partial charge on any atom is 0.323 e. The molecule has 0 bridgehead atoms. The molecular weight excluding hydrogens is 359 g/mol. The Labute approximate surface area is 112 Å². The van der Waals surface area contributed by atoms with Gasteiger partial charge in [-0.2, -0.15) is 0 Å². The zero-order valence-electron chi connectivity index (χ0n) is 8.58. The van der Waals surface area contributed by atoms with Gasteiger partial charge in [0.1, 0.15) is 11.4 Å². The number of benzene rings is 1. The first-order valence-corrected chi connectivity index (χ1v) is 7.12. The summed E-state index contributed by atoms with van der Waals surface area (Å²) < 4.78 is 24.7. The number of carbonyl (C=O) groups is 1. The van der Waals surface area contributed by atoms with Gasteiger partial charge in [-0.1, -0.05) is 0 Å². The van der Waals surface area contributed by atoms with Crippen LogP contribution in [0.5, 0.6) is 0 Å². The van der Waals surface area contributed by atoms with E-state index in [9.17, 15) is 13.2 Å². The van der Waals surface area contributed by atoms with Crippen LogP contribution < -0.4 is 11.5 Å². The van der Waals surface area contributed by atoms with Crippen molar-refractivity contribution in [3.63, 3.8) is 0 Å². The van der Waals surface area contributed by atoms with E-state index >= 15 is 0 Å². The van der Waals surface area contributed by atoms with Crippen LogP contribution in [0.3, 0.4) is 0 Å². The molecule has 0 radical (unpaired) electrons. The highest BCUT2D eigenvalue weighted by Crippen LogP contribution is 2.16. The number of aliphatic carboxylic acids is 1. The van der Waals surface area contributed by atoms with Gasteiger partial charge in [0.2, 0.25) is 0 Å². The molecule has 0 saturated carbocycles. The predicted molar refractivity (Wildman–Crippen MR) is 69.9 cm³/mol. The Morgan fingerprint density at radius 2 is 1.71 bits per heavy atom. The van der Waals surface area contributed by atoms with Crippen LogP contribution in [0.1, 0.15) is 0 Å². The minimum absolute atomic E-state index is 0.0397. The molecule has 0 spiro atoms. The topological polar surface area (TPSA) is 123 Å². The summed E-state index contributed by atoms with van der Waals surface area (Å²) >= 11 is 2.02. The van der Waals surface area contributed by atoms with Gasteiger partial charge in [0.15, 0.2) is 9.84 Å². The molecule has 1 aromatic rings. The minimum atomic E-state index is -3.93. The standard InChI is InChI=1S/C9H11IN2O4S/c10-5-1-3-6(4-2-5)17(15,16)8(12)7(11)9(13)14/h1-4,7-8H,11-12H2,(H,13,14). The Balaban J connectivity index is 3.11. The van der Waals surface area contributed by atoms with Crippen LogP contribution in [0, 0.1) is 3.57 Å². The minimum Gasteiger partial charge on any atom is -0.480 e. The van der Waals surface area contributed by atoms with Crippen LogP contribution in [0.2, 0.25) is 0 Å². The van der Waals surface area contributed by atoms with E-state index in [-0.39, 0.29) is 4.90 Å². The van der Waals surface area contributed by atoms with Gasteiger partial charge in [0.05, 0.1) is 4.90 Å². The summed E-state index contributed by atoms with van der Waals surface area (Å²) in [7, 11) is -3.93. The molecule has 0 heterocycles. The number of carboxylic acid groups (broad SMARTS) is 1. The summed E-state index contributed by atoms with van der Waals surface area (Å²) in [5, 5.41) is 6.97. The normalized spacial score (nSPS) is 15.2. The molecule has 94 valence electrons. The van der Waals surface area contributed by atoms with Gasteiger partial charge in [-0.3, -0.25) is 4.79 Å². The second-order valence-electron chi connectivity index (χ2n) is 3.33. The van der Waals surface area contributed by atoms with Gasteiger partial charge < -0.3 is 16.6 Å². The molecule has 2 atom stereocenters. The van der Waals surface area contributed by atoms with Crippen molar-refractivity contribution in [2.75, 3.05) is 0 Å². The molecular formula is C9H11IN2O4S. The molecule has 0 saturated heterocycles. The SMILES string of the molecule is NC(C(=O)O)C(N)S(=O)(=O)c1ccc(I)cc1. The fraction of sp³-hybridized carbons (Fsp3) is 0.222. The van der Waals surface area contributed by atoms with Crippen LogP contribution >= 0.6 is 22.6 Å². The second-order valence-corrected chi connectivity index (χ2v) is 6.68. The second kappa shape index (κ2) is 5.29. The van der Waals surface area contributed by atoms with E-state index in [0.717, 1.165) is 3.57 Å². The molecule has 0 aromatic heterocycles. The van der Waals surface area contributed by atoms with Gasteiger partial charge >= 0.3 is 5.97 Å². The number of carboxylic acids is 1. The van der Waals surface area contributed by atoms with Gasteiger partial charge in [0.25, 0.3) is 0 Å². The highest BCUT2D eigenvalue weighted by molar-refractivity contribution is 14.1. The van der Waals surface area contributed by atoms with E-state index in [2.05, 4.69) is 0 Å². The Hall–Kier alpha value is -0.710. The molecule has 6 nitrogen and oxygen atoms in total. The summed E-state index contributed by atoms with van der Waals surface area (Å²) in [4.78, 5) is 10.6. The molecule has 0 amide bonds. The smallest absolute Gasteiger partial charge is 0.323 e. The van der Waals surface area contributed by atoms with E-state index in [1.54, 1.807) is 12.1 Å². The Morgan fingerprint density at radius 3 is 2.12 bits per heavy atom. The first-order chi connectivity index (χ1) is 7.76. The van der Waals surface area contributed by atoms with Crippen molar-refractivity contribution in [3.8, 4) is 0 Å². The van der Waals surface area contributed by atoms with Crippen molar-refractivity contribution in [3.05, 3.63) is 27.8 Å². The lowest BCUT2D eigenvalue weighted by molar-refractivity contribution is -0.138. The number of sulfone groups is 1. The predicted octanol–water partition coefficient (Wildman–Crippen LogP) is -0.238. The fourth-order valence-electron chi connectivity index (χ4n) is 1.11. The molecule has 8 heteroatoms. The van der Waals surface area contributed by atoms with Gasteiger partial charge in [-0.25, -0.2) is 8.42 Å². The Bertz CT molecular complexity index is 514. The third-order valence-corrected chi connectivity index (χ3v) is 4.80. The molecule has 0 aliphatic carbocycles. The van der Waals surface area contributed by atoms with Crippen molar-refractivity contribution in [2.45, 2.75) is 16.3 Å². The number of hydrogen-bond donors (Lipinski definition) is 3. The number of rotatable bonds is 4. The highest BCUT2D eigenvalue weighted by atomic mass is 127. The van der Waals surface area contributed by atoms with Crippen molar-refractivity contribution in [1.82, 2.24) is 0 Å². The third kappa shape index (κ3) is 3.15. The number of hydrogen-bond acceptors (Lipinski definition) is 5. The van der Waals surface area contributed by atoms with Gasteiger partial charge in [0, 0.05) is 3.57 Å². The van der Waals surface area contributed by atoms with E-state index < -0.39 is 27.2 Å². The number of halogens is 1. The van der Waals surface area contributed by atoms with Crippen molar-refractivity contribution >= 4 is 38.4 Å². The van der Waals surface area contributed by atoms with E-state index in [1.165, 1.54) is 12.1 Å². The first kappa shape index (κ1) is 14.4. The van der Waals surface area contributed by atoms with Crippen LogP contribution in [0.25, 0.3) is 0 Å². The quantitative estimate of drug-likeness (QED) is 0.629. The Morgan fingerprint density at radius 1 is 1.24 bits per heavy atom. The van der Waals surface area contributed by atoms with Crippen LogP contribution in [-0.2, 0) is 14.6 Å². The monoisotopic (exact) mass is 370 g/mol. The largest absolute Gasteiger partial charge is 0.480 e. The lowest BCUT2D eigenvalue weighted by atomic mass is 10.3. The van der Waals surface area contributed by atoms with Gasteiger partial charge in [-0.15, -0.1) is 0 Å². The lowest BCUT2D eigenvalue weighted by Crippen LogP contribution is -2.51. The summed E-state index contributed by atoms with van der Waals surface area (Å²) in [5.41, 5.74) is 10.6. The summed E-state index contributed by atoms with van der Waals surface area (Å²) in [6.07, 6.45) is 0. The summed E-state index contributed by atoms with van der Waals surface area (Å²) in [6.45, 7) is 0. The molecule has 1 aromatic carbocycles. The van der Waals surface area contributed by atoms with Crippen LogP contribution in [0.15, 0.2) is 29.2 Å². The van der Waals surface area contributed by atoms with Crippen molar-refractivity contribution in [1.29, 1.82) is 0 Å². The molecule has 0 fully saturated rings. The zero-order chi connectivity index (χ0) is 13.2. The average molecular weight is 370 g/mol. The third-order valence-electron chi connectivity index (χ3n) is 2.14. The maximum atomic E-state index is 11.9. The number of nitrogens with two attached hydrogens (primary N) is 2. The summed E-state index contributed by atoms with van der Waals surface area (Å²) in [5.74, 6) is -1.45. The van der Waals surface area contributed by atoms with E-state index in [4.69, 9.17) is 16.6 Å². The van der Waals surface area contributed by atoms with Crippen LogP contribution in [-0.4, -0.2) is 30.9 Å². The molecule has 0 aliphatic rings. The highest BCUT2D eigenvalue weighted by Gasteiger charge is 2.33. The maximum absolute atomic E-state index is 11.9. The van der Waals surface area contributed by atoms with Crippen LogP contribution in [0.4, 0.5) is 0 Å².